The molecule has 0 bridgehead atoms. The Balaban J connectivity index is 3.45. The number of aliphatic hydroxyl groups is 2. The summed E-state index contributed by atoms with van der Waals surface area (Å²) in [6, 6.07) is -0.554. The molecule has 0 aromatic heterocycles. The van der Waals surface area contributed by atoms with Crippen LogP contribution >= 0.6 is 0 Å². The minimum Gasteiger partial charge on any atom is -0.466 e. The molecule has 0 radical (unpaired) electrons. The van der Waals surface area contributed by atoms with Gasteiger partial charge in [0.1, 0.15) is 0 Å². The summed E-state index contributed by atoms with van der Waals surface area (Å²) in [5, 5.41) is 23.4. The number of carbonyl (C=O) groups is 2. The van der Waals surface area contributed by atoms with Crippen LogP contribution in [-0.2, 0) is 14.3 Å². The molecule has 2 unspecified atom stereocenters. The predicted molar refractivity (Wildman–Crippen MR) is 319 cm³/mol. The summed E-state index contributed by atoms with van der Waals surface area (Å²) in [5.41, 5.74) is 0. The highest BCUT2D eigenvalue weighted by atomic mass is 16.5. The molecule has 0 aliphatic heterocycles. The number of rotatable bonds is 61. The molecule has 0 heterocycles. The van der Waals surface area contributed by atoms with Gasteiger partial charge in [0, 0.05) is 12.8 Å². The Labute approximate surface area is 455 Å². The lowest BCUT2D eigenvalue weighted by atomic mass is 10.0. The van der Waals surface area contributed by atoms with Crippen LogP contribution in [0, 0.1) is 0 Å². The topological polar surface area (TPSA) is 95.9 Å². The molecular weight excluding hydrogens is 899 g/mol. The van der Waals surface area contributed by atoms with Crippen LogP contribution in [0.4, 0.5) is 0 Å². The van der Waals surface area contributed by atoms with Crippen LogP contribution in [0.25, 0.3) is 0 Å². The lowest BCUT2D eigenvalue weighted by Gasteiger charge is -2.22. The summed E-state index contributed by atoms with van der Waals surface area (Å²) in [5.74, 6) is -0.0565. The normalized spacial score (nSPS) is 12.8. The molecule has 1 amide bonds. The van der Waals surface area contributed by atoms with Gasteiger partial charge in [-0.25, -0.2) is 0 Å². The van der Waals surface area contributed by atoms with Crippen LogP contribution in [0.5, 0.6) is 0 Å². The van der Waals surface area contributed by atoms with E-state index in [1.54, 1.807) is 0 Å². The van der Waals surface area contributed by atoms with Gasteiger partial charge >= 0.3 is 5.97 Å². The highest BCUT2D eigenvalue weighted by Crippen LogP contribution is 2.18. The summed E-state index contributed by atoms with van der Waals surface area (Å²) in [6.07, 6.45) is 78.7. The number of hydrogen-bond donors (Lipinski definition) is 3. The molecule has 73 heavy (non-hydrogen) atoms. The van der Waals surface area contributed by atoms with E-state index in [1.807, 2.05) is 0 Å². The van der Waals surface area contributed by atoms with E-state index in [1.165, 1.54) is 250 Å². The number of amides is 1. The molecule has 0 spiro atoms. The fourth-order valence-corrected chi connectivity index (χ4v) is 10.1. The lowest BCUT2D eigenvalue weighted by molar-refractivity contribution is -0.143. The molecule has 0 rings (SSSR count). The molecule has 0 fully saturated rings. The van der Waals surface area contributed by atoms with Gasteiger partial charge in [0.15, 0.2) is 0 Å². The highest BCUT2D eigenvalue weighted by Gasteiger charge is 2.20. The van der Waals surface area contributed by atoms with E-state index >= 15 is 0 Å². The van der Waals surface area contributed by atoms with Crippen molar-refractivity contribution in [3.63, 3.8) is 0 Å². The molecule has 0 saturated heterocycles. The first-order valence-electron chi connectivity index (χ1n) is 32.7. The molecule has 2 atom stereocenters. The maximum absolute atomic E-state index is 12.5. The Kier molecular flexibility index (Phi) is 61.0. The van der Waals surface area contributed by atoms with Gasteiger partial charge in [0.05, 0.1) is 25.4 Å². The number of allylic oxidation sites excluding steroid dienone is 6. The van der Waals surface area contributed by atoms with Gasteiger partial charge in [-0.3, -0.25) is 9.59 Å². The van der Waals surface area contributed by atoms with Crippen molar-refractivity contribution in [1.29, 1.82) is 0 Å². The maximum Gasteiger partial charge on any atom is 0.305 e. The Morgan fingerprint density at radius 1 is 0.384 bits per heavy atom. The zero-order chi connectivity index (χ0) is 52.9. The smallest absolute Gasteiger partial charge is 0.305 e. The fourth-order valence-electron chi connectivity index (χ4n) is 10.1. The zero-order valence-corrected chi connectivity index (χ0v) is 49.1. The van der Waals surface area contributed by atoms with Gasteiger partial charge in [0.2, 0.25) is 5.91 Å². The first-order valence-corrected chi connectivity index (χ1v) is 32.7. The second-order valence-corrected chi connectivity index (χ2v) is 22.4. The molecule has 3 N–H and O–H groups in total. The first-order chi connectivity index (χ1) is 36.0. The van der Waals surface area contributed by atoms with E-state index in [2.05, 4.69) is 55.6 Å². The van der Waals surface area contributed by atoms with Crippen molar-refractivity contribution >= 4 is 11.9 Å². The van der Waals surface area contributed by atoms with Crippen molar-refractivity contribution in [3.8, 4) is 0 Å². The Hall–Kier alpha value is -1.92. The highest BCUT2D eigenvalue weighted by molar-refractivity contribution is 5.76. The van der Waals surface area contributed by atoms with Crippen molar-refractivity contribution in [1.82, 2.24) is 5.32 Å². The van der Waals surface area contributed by atoms with Crippen molar-refractivity contribution in [3.05, 3.63) is 36.5 Å². The molecule has 6 nitrogen and oxygen atoms in total. The number of nitrogens with one attached hydrogen (secondary N) is 1. The monoisotopic (exact) mass is 1030 g/mol. The number of esters is 1. The standard InChI is InChI=1S/C67H127NO5/c1-3-5-7-9-11-13-15-17-19-21-22-23-24-25-28-31-35-39-43-47-51-55-59-65(70)64(63-69)68-66(71)60-56-52-48-44-40-36-32-29-26-27-30-34-38-42-46-50-54-58-62-73-67(72)61-57-53-49-45-41-37-33-20-18-16-14-12-10-8-6-4-2/h14,16,20,29,32-33,64-65,69-70H,3-13,15,17-19,21-28,30-31,34-63H2,1-2H3,(H,68,71)/b16-14-,32-29-,33-20-. The molecule has 0 aliphatic rings. The zero-order valence-electron chi connectivity index (χ0n) is 49.1. The second-order valence-electron chi connectivity index (χ2n) is 22.4. The van der Waals surface area contributed by atoms with E-state index < -0.39 is 12.1 Å². The van der Waals surface area contributed by atoms with Gasteiger partial charge in [-0.15, -0.1) is 0 Å². The average Bonchev–Trinajstić information content (AvgIpc) is 3.39. The Morgan fingerprint density at radius 2 is 0.685 bits per heavy atom. The van der Waals surface area contributed by atoms with Gasteiger partial charge in [-0.1, -0.05) is 294 Å². The molecular formula is C67H127NO5. The van der Waals surface area contributed by atoms with Crippen LogP contribution in [0.2, 0.25) is 0 Å². The SMILES string of the molecule is CCCCCC/C=C\C/C=C\CCCCCCCC(=O)OCCCCCCCCCCC/C=C\CCCCCCCC(=O)NC(CO)C(O)CCCCCCCCCCCCCCCCCCCCCCCC. The van der Waals surface area contributed by atoms with Crippen LogP contribution in [0.1, 0.15) is 354 Å². The van der Waals surface area contributed by atoms with Crippen LogP contribution in [0.15, 0.2) is 36.5 Å². The maximum atomic E-state index is 12.5. The van der Waals surface area contributed by atoms with Crippen molar-refractivity contribution < 1.29 is 24.5 Å². The number of hydrogen-bond acceptors (Lipinski definition) is 5. The molecule has 0 saturated carbocycles. The summed E-state index contributed by atoms with van der Waals surface area (Å²) in [6.45, 7) is 4.94. The van der Waals surface area contributed by atoms with E-state index in [4.69, 9.17) is 4.74 Å². The third-order valence-electron chi connectivity index (χ3n) is 15.2. The Morgan fingerprint density at radius 3 is 1.07 bits per heavy atom. The van der Waals surface area contributed by atoms with Gasteiger partial charge < -0.3 is 20.3 Å². The molecule has 0 aliphatic carbocycles. The van der Waals surface area contributed by atoms with E-state index in [0.29, 0.717) is 25.9 Å². The van der Waals surface area contributed by atoms with E-state index in [0.717, 1.165) is 70.6 Å². The molecule has 6 heteroatoms. The molecule has 430 valence electrons. The summed E-state index contributed by atoms with van der Waals surface area (Å²) in [4.78, 5) is 24.6. The number of aliphatic hydroxyl groups excluding tert-OH is 2. The number of unbranched alkanes of at least 4 members (excludes halogenated alkanes) is 44. The van der Waals surface area contributed by atoms with E-state index in [9.17, 15) is 19.8 Å². The minimum absolute atomic E-state index is 0.00994. The van der Waals surface area contributed by atoms with Gasteiger partial charge in [-0.05, 0) is 83.5 Å². The lowest BCUT2D eigenvalue weighted by Crippen LogP contribution is -2.45. The third-order valence-corrected chi connectivity index (χ3v) is 15.2. The fraction of sp³-hybridized carbons (Fsp3) is 0.881. The summed E-state index contributed by atoms with van der Waals surface area (Å²) >= 11 is 0. The Bertz CT molecular complexity index is 1180. The second kappa shape index (κ2) is 62.6. The summed E-state index contributed by atoms with van der Waals surface area (Å²) < 4.78 is 5.48. The quantitative estimate of drug-likeness (QED) is 0.0320. The average molecular weight is 1030 g/mol. The summed E-state index contributed by atoms with van der Waals surface area (Å²) in [7, 11) is 0. The molecule has 0 aromatic carbocycles. The third kappa shape index (κ3) is 59.2. The molecule has 0 aromatic rings. The first kappa shape index (κ1) is 71.1. The van der Waals surface area contributed by atoms with Crippen LogP contribution in [-0.4, -0.2) is 47.4 Å². The minimum atomic E-state index is -0.675. The van der Waals surface area contributed by atoms with Crippen molar-refractivity contribution in [2.24, 2.45) is 0 Å². The van der Waals surface area contributed by atoms with Crippen molar-refractivity contribution in [2.75, 3.05) is 13.2 Å². The van der Waals surface area contributed by atoms with Gasteiger partial charge in [0.25, 0.3) is 0 Å². The van der Waals surface area contributed by atoms with Crippen molar-refractivity contribution in [2.45, 2.75) is 366 Å². The predicted octanol–water partition coefficient (Wildman–Crippen LogP) is 20.8. The number of carbonyl (C=O) groups excluding carboxylic acids is 2. The van der Waals surface area contributed by atoms with Crippen LogP contribution < -0.4 is 5.32 Å². The van der Waals surface area contributed by atoms with Crippen LogP contribution in [0.3, 0.4) is 0 Å². The largest absolute Gasteiger partial charge is 0.466 e. The number of ether oxygens (including phenoxy) is 1. The van der Waals surface area contributed by atoms with Gasteiger partial charge in [-0.2, -0.15) is 0 Å². The van der Waals surface area contributed by atoms with E-state index in [-0.39, 0.29) is 18.5 Å².